The zero-order valence-corrected chi connectivity index (χ0v) is 13.5. The van der Waals surface area contributed by atoms with E-state index in [1.165, 1.54) is 16.7 Å². The van der Waals surface area contributed by atoms with Crippen LogP contribution >= 0.6 is 11.8 Å². The van der Waals surface area contributed by atoms with Gasteiger partial charge in [0.2, 0.25) is 17.7 Å². The summed E-state index contributed by atoms with van der Waals surface area (Å²) in [7, 11) is 3.27. The molecular formula is C15H19N3O3S. The Kier molecular flexibility index (Phi) is 5.43. The van der Waals surface area contributed by atoms with E-state index < -0.39 is 0 Å². The Morgan fingerprint density at radius 1 is 1.32 bits per heavy atom. The number of likely N-dealkylation sites (N-methyl/N-ethyl adjacent to an activating group) is 1. The Hall–Kier alpha value is -2.02. The van der Waals surface area contributed by atoms with Crippen LogP contribution in [0.2, 0.25) is 0 Å². The number of anilines is 1. The molecule has 7 heteroatoms. The third-order valence-corrected chi connectivity index (χ3v) is 4.35. The lowest BCUT2D eigenvalue weighted by atomic mass is 10.2. The van der Waals surface area contributed by atoms with Crippen molar-refractivity contribution in [3.8, 4) is 0 Å². The molecule has 0 saturated carbocycles. The van der Waals surface area contributed by atoms with Crippen LogP contribution in [0.15, 0.2) is 29.2 Å². The monoisotopic (exact) mass is 321 g/mol. The SMILES string of the molecule is CN(C)C(=O)CNC(=O)CCN1C(=O)CSc2ccccc21. The van der Waals surface area contributed by atoms with Crippen LogP contribution in [-0.2, 0) is 14.4 Å². The molecular weight excluding hydrogens is 302 g/mol. The number of carbonyl (C=O) groups excluding carboxylic acids is 3. The Bertz CT molecular complexity index is 589. The van der Waals surface area contributed by atoms with Gasteiger partial charge in [-0.15, -0.1) is 11.8 Å². The van der Waals surface area contributed by atoms with Crippen molar-refractivity contribution < 1.29 is 14.4 Å². The van der Waals surface area contributed by atoms with Gasteiger partial charge in [-0.05, 0) is 12.1 Å². The second-order valence-corrected chi connectivity index (χ2v) is 6.13. The zero-order valence-electron chi connectivity index (χ0n) is 12.7. The maximum atomic E-state index is 12.0. The molecule has 1 aliphatic heterocycles. The molecule has 3 amide bonds. The van der Waals surface area contributed by atoms with E-state index in [0.29, 0.717) is 12.3 Å². The highest BCUT2D eigenvalue weighted by Gasteiger charge is 2.24. The maximum absolute atomic E-state index is 12.0. The molecule has 0 bridgehead atoms. The first-order valence-electron chi connectivity index (χ1n) is 6.98. The molecule has 22 heavy (non-hydrogen) atoms. The number of benzene rings is 1. The van der Waals surface area contributed by atoms with E-state index >= 15 is 0 Å². The highest BCUT2D eigenvalue weighted by Crippen LogP contribution is 2.34. The van der Waals surface area contributed by atoms with Crippen LogP contribution < -0.4 is 10.2 Å². The van der Waals surface area contributed by atoms with Crippen molar-refractivity contribution in [2.45, 2.75) is 11.3 Å². The summed E-state index contributed by atoms with van der Waals surface area (Å²) in [5.74, 6) is -0.0127. The maximum Gasteiger partial charge on any atom is 0.241 e. The minimum absolute atomic E-state index is 0.000804. The molecule has 0 fully saturated rings. The number of fused-ring (bicyclic) bond motifs is 1. The van der Waals surface area contributed by atoms with Gasteiger partial charge in [-0.3, -0.25) is 14.4 Å². The summed E-state index contributed by atoms with van der Waals surface area (Å²) < 4.78 is 0. The Morgan fingerprint density at radius 3 is 2.77 bits per heavy atom. The van der Waals surface area contributed by atoms with Crippen LogP contribution in [0.1, 0.15) is 6.42 Å². The van der Waals surface area contributed by atoms with Gasteiger partial charge in [0.15, 0.2) is 0 Å². The van der Waals surface area contributed by atoms with Gasteiger partial charge in [0.05, 0.1) is 18.0 Å². The van der Waals surface area contributed by atoms with Crippen molar-refractivity contribution in [1.29, 1.82) is 0 Å². The summed E-state index contributed by atoms with van der Waals surface area (Å²) in [6.45, 7) is 0.296. The largest absolute Gasteiger partial charge is 0.347 e. The number of hydrogen-bond donors (Lipinski definition) is 1. The minimum atomic E-state index is -0.237. The molecule has 0 radical (unpaired) electrons. The Morgan fingerprint density at radius 2 is 2.05 bits per heavy atom. The molecule has 1 aliphatic rings. The molecule has 6 nitrogen and oxygen atoms in total. The van der Waals surface area contributed by atoms with Gasteiger partial charge in [0.25, 0.3) is 0 Å². The van der Waals surface area contributed by atoms with Crippen LogP contribution in [0, 0.1) is 0 Å². The van der Waals surface area contributed by atoms with Crippen molar-refractivity contribution in [2.75, 3.05) is 37.8 Å². The smallest absolute Gasteiger partial charge is 0.241 e. The van der Waals surface area contributed by atoms with E-state index in [1.807, 2.05) is 24.3 Å². The van der Waals surface area contributed by atoms with Crippen molar-refractivity contribution in [3.05, 3.63) is 24.3 Å². The third-order valence-electron chi connectivity index (χ3n) is 3.31. The van der Waals surface area contributed by atoms with Gasteiger partial charge in [-0.2, -0.15) is 0 Å². The van der Waals surface area contributed by atoms with Crippen molar-refractivity contribution >= 4 is 35.2 Å². The molecule has 1 N–H and O–H groups in total. The molecule has 0 spiro atoms. The number of carbonyl (C=O) groups is 3. The van der Waals surface area contributed by atoms with E-state index in [1.54, 1.807) is 19.0 Å². The van der Waals surface area contributed by atoms with Gasteiger partial charge in [0, 0.05) is 32.0 Å². The summed E-state index contributed by atoms with van der Waals surface area (Å²) in [6.07, 6.45) is 0.172. The molecule has 0 aliphatic carbocycles. The molecule has 1 heterocycles. The molecule has 1 aromatic carbocycles. The lowest BCUT2D eigenvalue weighted by Crippen LogP contribution is -2.40. The molecule has 0 saturated heterocycles. The first kappa shape index (κ1) is 16.4. The van der Waals surface area contributed by atoms with E-state index in [-0.39, 0.29) is 30.7 Å². The highest BCUT2D eigenvalue weighted by molar-refractivity contribution is 8.00. The number of para-hydroxylation sites is 1. The molecule has 0 unspecified atom stereocenters. The average Bonchev–Trinajstić information content (AvgIpc) is 2.51. The number of thioether (sulfide) groups is 1. The van der Waals surface area contributed by atoms with Crippen molar-refractivity contribution in [2.24, 2.45) is 0 Å². The number of rotatable bonds is 5. The fourth-order valence-corrected chi connectivity index (χ4v) is 2.97. The van der Waals surface area contributed by atoms with E-state index in [9.17, 15) is 14.4 Å². The molecule has 1 aromatic rings. The number of amides is 3. The van der Waals surface area contributed by atoms with Gasteiger partial charge in [-0.1, -0.05) is 12.1 Å². The summed E-state index contributed by atoms with van der Waals surface area (Å²) in [6, 6.07) is 7.66. The molecule has 2 rings (SSSR count). The minimum Gasteiger partial charge on any atom is -0.347 e. The normalized spacial score (nSPS) is 13.5. The molecule has 0 atom stereocenters. The molecule has 0 aromatic heterocycles. The van der Waals surface area contributed by atoms with Crippen LogP contribution in [0.3, 0.4) is 0 Å². The second kappa shape index (κ2) is 7.31. The number of hydrogen-bond acceptors (Lipinski definition) is 4. The summed E-state index contributed by atoms with van der Waals surface area (Å²) in [5.41, 5.74) is 0.848. The van der Waals surface area contributed by atoms with E-state index in [4.69, 9.17) is 0 Å². The second-order valence-electron chi connectivity index (χ2n) is 5.12. The predicted octanol–water partition coefficient (Wildman–Crippen LogP) is 0.720. The fourth-order valence-electron chi connectivity index (χ4n) is 2.03. The fraction of sp³-hybridized carbons (Fsp3) is 0.400. The van der Waals surface area contributed by atoms with Crippen molar-refractivity contribution in [1.82, 2.24) is 10.2 Å². The Balaban J connectivity index is 1.90. The third kappa shape index (κ3) is 4.00. The quantitative estimate of drug-likeness (QED) is 0.867. The van der Waals surface area contributed by atoms with E-state index in [0.717, 1.165) is 10.6 Å². The average molecular weight is 321 g/mol. The van der Waals surface area contributed by atoms with Gasteiger partial charge in [0.1, 0.15) is 0 Å². The first-order valence-corrected chi connectivity index (χ1v) is 7.96. The van der Waals surface area contributed by atoms with Crippen molar-refractivity contribution in [3.63, 3.8) is 0 Å². The summed E-state index contributed by atoms with van der Waals surface area (Å²) >= 11 is 1.51. The lowest BCUT2D eigenvalue weighted by molar-refractivity contribution is -0.130. The topological polar surface area (TPSA) is 69.7 Å². The summed E-state index contributed by atoms with van der Waals surface area (Å²) in [5, 5.41) is 2.57. The van der Waals surface area contributed by atoms with Crippen LogP contribution in [0.5, 0.6) is 0 Å². The standard InChI is InChI=1S/C15H19N3O3S/c1-17(2)14(20)9-16-13(19)7-8-18-11-5-3-4-6-12(11)22-10-15(18)21/h3-6H,7-10H2,1-2H3,(H,16,19). The highest BCUT2D eigenvalue weighted by atomic mass is 32.2. The van der Waals surface area contributed by atoms with Gasteiger partial charge >= 0.3 is 0 Å². The number of nitrogens with zero attached hydrogens (tertiary/aromatic N) is 2. The predicted molar refractivity (Wildman–Crippen MR) is 85.8 cm³/mol. The van der Waals surface area contributed by atoms with E-state index in [2.05, 4.69) is 5.32 Å². The Labute approximate surface area is 133 Å². The molecule has 118 valence electrons. The van der Waals surface area contributed by atoms with Gasteiger partial charge < -0.3 is 15.1 Å². The van der Waals surface area contributed by atoms with Crippen LogP contribution in [0.4, 0.5) is 5.69 Å². The van der Waals surface area contributed by atoms with Crippen LogP contribution in [-0.4, -0.2) is 55.6 Å². The summed E-state index contributed by atoms with van der Waals surface area (Å²) in [4.78, 5) is 39.4. The van der Waals surface area contributed by atoms with Gasteiger partial charge in [-0.25, -0.2) is 0 Å². The van der Waals surface area contributed by atoms with Crippen LogP contribution in [0.25, 0.3) is 0 Å². The lowest BCUT2D eigenvalue weighted by Gasteiger charge is -2.28. The first-order chi connectivity index (χ1) is 10.5. The zero-order chi connectivity index (χ0) is 16.1. The number of nitrogens with one attached hydrogen (secondary N) is 1.